The average Bonchev–Trinajstić information content (AvgIpc) is 2.70. The van der Waals surface area contributed by atoms with Crippen LogP contribution >= 0.6 is 27.3 Å². The second-order valence-electron chi connectivity index (χ2n) is 8.99. The van der Waals surface area contributed by atoms with Crippen LogP contribution in [0.3, 0.4) is 0 Å². The first-order valence-electron chi connectivity index (χ1n) is 8.22. The van der Waals surface area contributed by atoms with Crippen molar-refractivity contribution in [3.05, 3.63) is 20.8 Å². The molecule has 1 aromatic rings. The van der Waals surface area contributed by atoms with Gasteiger partial charge < -0.3 is 5.11 Å². The predicted molar refractivity (Wildman–Crippen MR) is 91.4 cm³/mol. The summed E-state index contributed by atoms with van der Waals surface area (Å²) in [6.07, 6.45) is 9.04. The Morgan fingerprint density at radius 2 is 1.86 bits per heavy atom. The molecule has 4 aliphatic carbocycles. The molecule has 3 atom stereocenters. The van der Waals surface area contributed by atoms with Crippen molar-refractivity contribution < 1.29 is 5.11 Å². The van der Waals surface area contributed by atoms with Crippen molar-refractivity contribution in [3.63, 3.8) is 0 Å². The Morgan fingerprint density at radius 1 is 1.19 bits per heavy atom. The molecule has 0 amide bonds. The summed E-state index contributed by atoms with van der Waals surface area (Å²) in [5, 5.41) is 10.8. The number of thiophene rings is 1. The second-order valence-corrected chi connectivity index (χ2v) is 11.5. The first kappa shape index (κ1) is 14.7. The summed E-state index contributed by atoms with van der Waals surface area (Å²) in [6, 6.07) is 4.15. The van der Waals surface area contributed by atoms with E-state index in [0.29, 0.717) is 16.2 Å². The molecule has 4 saturated carbocycles. The molecular weight excluding hydrogens is 344 g/mol. The molecule has 0 aliphatic heterocycles. The number of hydrogen-bond donors (Lipinski definition) is 1. The van der Waals surface area contributed by atoms with Crippen molar-refractivity contribution in [1.82, 2.24) is 0 Å². The van der Waals surface area contributed by atoms with Gasteiger partial charge in [-0.15, -0.1) is 11.3 Å². The van der Waals surface area contributed by atoms with Gasteiger partial charge in [-0.05, 0) is 95.2 Å². The lowest BCUT2D eigenvalue weighted by Crippen LogP contribution is -2.55. The average molecular weight is 369 g/mol. The zero-order valence-corrected chi connectivity index (χ0v) is 15.4. The van der Waals surface area contributed by atoms with E-state index in [1.165, 1.54) is 38.5 Å². The largest absolute Gasteiger partial charge is 0.388 e. The van der Waals surface area contributed by atoms with Gasteiger partial charge in [0, 0.05) is 4.88 Å². The van der Waals surface area contributed by atoms with E-state index < -0.39 is 0 Å². The van der Waals surface area contributed by atoms with E-state index in [2.05, 4.69) is 41.9 Å². The lowest BCUT2D eigenvalue weighted by molar-refractivity contribution is -0.156. The monoisotopic (exact) mass is 368 g/mol. The van der Waals surface area contributed by atoms with Gasteiger partial charge in [0.2, 0.25) is 0 Å². The molecule has 1 aromatic heterocycles. The van der Waals surface area contributed by atoms with Crippen molar-refractivity contribution in [2.45, 2.75) is 64.9 Å². The fraction of sp³-hybridized carbons (Fsp3) is 0.778. The van der Waals surface area contributed by atoms with Gasteiger partial charge in [0.05, 0.1) is 9.89 Å². The zero-order valence-electron chi connectivity index (χ0n) is 13.0. The molecular formula is C18H25BrOS. The van der Waals surface area contributed by atoms with Crippen molar-refractivity contribution in [3.8, 4) is 0 Å². The van der Waals surface area contributed by atoms with E-state index in [-0.39, 0.29) is 6.10 Å². The van der Waals surface area contributed by atoms with E-state index in [1.807, 2.05) is 0 Å². The Balaban J connectivity index is 1.59. The lowest BCUT2D eigenvalue weighted by Gasteiger charge is -2.66. The molecule has 4 fully saturated rings. The highest BCUT2D eigenvalue weighted by molar-refractivity contribution is 9.11. The quantitative estimate of drug-likeness (QED) is 0.700. The van der Waals surface area contributed by atoms with Crippen molar-refractivity contribution in [1.29, 1.82) is 0 Å². The third-order valence-electron chi connectivity index (χ3n) is 6.29. The molecule has 1 nitrogen and oxygen atoms in total. The molecule has 0 spiro atoms. The maximum Gasteiger partial charge on any atom is 0.0887 e. The predicted octanol–water partition coefficient (Wildman–Crippen LogP) is 5.93. The van der Waals surface area contributed by atoms with Gasteiger partial charge >= 0.3 is 0 Å². The van der Waals surface area contributed by atoms with Gasteiger partial charge in [0.1, 0.15) is 0 Å². The highest BCUT2D eigenvalue weighted by atomic mass is 79.9. The molecule has 1 N–H and O–H groups in total. The van der Waals surface area contributed by atoms with Gasteiger partial charge in [0.25, 0.3) is 0 Å². The summed E-state index contributed by atoms with van der Waals surface area (Å²) in [5.74, 6) is 0.915. The highest BCUT2D eigenvalue weighted by Crippen LogP contribution is 2.71. The number of halogens is 1. The second kappa shape index (κ2) is 4.58. The van der Waals surface area contributed by atoms with Crippen LogP contribution in [0.25, 0.3) is 0 Å². The standard InChI is InChI=1S/C18H25BrOS/c1-16-5-12-6-17(2,9-16)11-18(7-12,10-16)8-13(20)14-3-4-15(19)21-14/h3-4,12-13,20H,5-11H2,1-2H3. The zero-order chi connectivity index (χ0) is 14.9. The maximum absolute atomic E-state index is 10.8. The first-order chi connectivity index (χ1) is 9.79. The molecule has 0 saturated heterocycles. The van der Waals surface area contributed by atoms with Crippen LogP contribution in [0.15, 0.2) is 15.9 Å². The highest BCUT2D eigenvalue weighted by Gasteiger charge is 2.60. The van der Waals surface area contributed by atoms with Crippen LogP contribution in [0.1, 0.15) is 69.8 Å². The summed E-state index contributed by atoms with van der Waals surface area (Å²) in [5.41, 5.74) is 1.49. The van der Waals surface area contributed by atoms with Crippen molar-refractivity contribution in [2.24, 2.45) is 22.2 Å². The summed E-state index contributed by atoms with van der Waals surface area (Å²) in [6.45, 7) is 5.02. The molecule has 0 aromatic carbocycles. The minimum Gasteiger partial charge on any atom is -0.388 e. The third kappa shape index (κ3) is 2.53. The smallest absolute Gasteiger partial charge is 0.0887 e. The van der Waals surface area contributed by atoms with E-state index in [1.54, 1.807) is 11.3 Å². The van der Waals surface area contributed by atoms with Crippen LogP contribution < -0.4 is 0 Å². The lowest BCUT2D eigenvalue weighted by atomic mass is 9.39. The summed E-state index contributed by atoms with van der Waals surface area (Å²) in [4.78, 5) is 1.13. The number of aliphatic hydroxyl groups is 1. The van der Waals surface area contributed by atoms with Gasteiger partial charge in [-0.25, -0.2) is 0 Å². The van der Waals surface area contributed by atoms with Gasteiger partial charge in [0.15, 0.2) is 0 Å². The van der Waals surface area contributed by atoms with Crippen molar-refractivity contribution >= 4 is 27.3 Å². The van der Waals surface area contributed by atoms with Gasteiger partial charge in [-0.2, -0.15) is 0 Å². The summed E-state index contributed by atoms with van der Waals surface area (Å²) in [7, 11) is 0. The first-order valence-corrected chi connectivity index (χ1v) is 9.83. The Morgan fingerprint density at radius 3 is 2.38 bits per heavy atom. The minimum absolute atomic E-state index is 0.273. The molecule has 3 unspecified atom stereocenters. The van der Waals surface area contributed by atoms with E-state index >= 15 is 0 Å². The molecule has 0 radical (unpaired) electrons. The molecule has 5 rings (SSSR count). The van der Waals surface area contributed by atoms with Crippen LogP contribution in [0.5, 0.6) is 0 Å². The third-order valence-corrected chi connectivity index (χ3v) is 8.02. The maximum atomic E-state index is 10.8. The van der Waals surface area contributed by atoms with Crippen LogP contribution in [0, 0.1) is 22.2 Å². The molecule has 116 valence electrons. The fourth-order valence-corrected chi connectivity index (χ4v) is 8.34. The molecule has 3 heteroatoms. The summed E-state index contributed by atoms with van der Waals surface area (Å²) < 4.78 is 1.13. The van der Waals surface area contributed by atoms with Crippen LogP contribution in [-0.2, 0) is 0 Å². The molecule has 1 heterocycles. The van der Waals surface area contributed by atoms with Gasteiger partial charge in [-0.3, -0.25) is 0 Å². The SMILES string of the molecule is CC12CC3CC(C)(C1)CC(CC(O)c1ccc(Br)s1)(C3)C2. The minimum atomic E-state index is -0.273. The topological polar surface area (TPSA) is 20.2 Å². The van der Waals surface area contributed by atoms with Crippen LogP contribution in [0.4, 0.5) is 0 Å². The van der Waals surface area contributed by atoms with E-state index in [9.17, 15) is 5.11 Å². The Kier molecular flexibility index (Phi) is 3.21. The van der Waals surface area contributed by atoms with Crippen LogP contribution in [0.2, 0.25) is 0 Å². The molecule has 21 heavy (non-hydrogen) atoms. The Hall–Kier alpha value is 0.140. The van der Waals surface area contributed by atoms with E-state index in [4.69, 9.17) is 0 Å². The van der Waals surface area contributed by atoms with E-state index in [0.717, 1.165) is 21.0 Å². The molecule has 4 bridgehead atoms. The summed E-state index contributed by atoms with van der Waals surface area (Å²) >= 11 is 5.21. The van der Waals surface area contributed by atoms with Crippen LogP contribution in [-0.4, -0.2) is 5.11 Å². The number of rotatable bonds is 3. The molecule has 4 aliphatic rings. The Bertz CT molecular complexity index is 547. The van der Waals surface area contributed by atoms with Crippen molar-refractivity contribution in [2.75, 3.05) is 0 Å². The Labute approximate surface area is 140 Å². The van der Waals surface area contributed by atoms with Gasteiger partial charge in [-0.1, -0.05) is 13.8 Å². The normalized spacial score (nSPS) is 46.0. The number of hydrogen-bond acceptors (Lipinski definition) is 2. The fourth-order valence-electron chi connectivity index (χ4n) is 6.93. The number of aliphatic hydroxyl groups excluding tert-OH is 1.